The monoisotopic (exact) mass is 404 g/mol. The number of amides is 1. The molecule has 0 spiro atoms. The van der Waals surface area contributed by atoms with Gasteiger partial charge in [0.15, 0.2) is 6.61 Å². The molecule has 0 radical (unpaired) electrons. The maximum absolute atomic E-state index is 12.5. The van der Waals surface area contributed by atoms with Crippen LogP contribution in [0.4, 0.5) is 5.69 Å². The highest BCUT2D eigenvalue weighted by Crippen LogP contribution is 2.22. The summed E-state index contributed by atoms with van der Waals surface area (Å²) in [5.74, 6) is 0.167. The van der Waals surface area contributed by atoms with Gasteiger partial charge in [0, 0.05) is 18.8 Å². The van der Waals surface area contributed by atoms with Gasteiger partial charge in [0.25, 0.3) is 5.91 Å². The van der Waals surface area contributed by atoms with E-state index in [9.17, 15) is 13.2 Å². The van der Waals surface area contributed by atoms with Gasteiger partial charge in [-0.2, -0.15) is 4.31 Å². The highest BCUT2D eigenvalue weighted by Gasteiger charge is 2.21. The minimum absolute atomic E-state index is 0.158. The molecule has 152 valence electrons. The van der Waals surface area contributed by atoms with Crippen molar-refractivity contribution in [1.82, 2.24) is 4.31 Å². The summed E-state index contributed by atoms with van der Waals surface area (Å²) < 4.78 is 31.9. The molecular weight excluding hydrogens is 376 g/mol. The maximum Gasteiger partial charge on any atom is 0.262 e. The number of anilines is 1. The first-order chi connectivity index (χ1) is 13.2. The summed E-state index contributed by atoms with van der Waals surface area (Å²) in [7, 11) is -3.50. The summed E-state index contributed by atoms with van der Waals surface area (Å²) >= 11 is 0. The number of aryl methyl sites for hydroxylation is 3. The minimum Gasteiger partial charge on any atom is -0.484 e. The van der Waals surface area contributed by atoms with Crippen LogP contribution in [-0.2, 0) is 14.8 Å². The lowest BCUT2D eigenvalue weighted by Crippen LogP contribution is -2.30. The number of hydrogen-bond donors (Lipinski definition) is 1. The summed E-state index contributed by atoms with van der Waals surface area (Å²) in [5.41, 5.74) is 3.93. The molecule has 6 nitrogen and oxygen atoms in total. The summed E-state index contributed by atoms with van der Waals surface area (Å²) in [6.07, 6.45) is 0. The van der Waals surface area contributed by atoms with Gasteiger partial charge in [-0.15, -0.1) is 0 Å². The standard InChI is InChI=1S/C21H28N2O4S/c1-6-23(7-2)28(25,26)19-10-8-18(9-11-19)27-14-20(24)22-21-16(4)12-15(3)13-17(21)5/h8-13H,6-7,14H2,1-5H3,(H,22,24). The van der Waals surface area contributed by atoms with Crippen LogP contribution >= 0.6 is 0 Å². The van der Waals surface area contributed by atoms with E-state index in [1.807, 2.05) is 32.9 Å². The molecule has 0 aliphatic rings. The van der Waals surface area contributed by atoms with E-state index in [4.69, 9.17) is 4.74 Å². The van der Waals surface area contributed by atoms with Gasteiger partial charge in [-0.25, -0.2) is 8.42 Å². The van der Waals surface area contributed by atoms with Gasteiger partial charge >= 0.3 is 0 Å². The molecule has 28 heavy (non-hydrogen) atoms. The number of ether oxygens (including phenoxy) is 1. The Morgan fingerprint density at radius 1 is 1.00 bits per heavy atom. The Morgan fingerprint density at radius 3 is 2.04 bits per heavy atom. The van der Waals surface area contributed by atoms with Crippen LogP contribution in [0.2, 0.25) is 0 Å². The smallest absolute Gasteiger partial charge is 0.262 e. The van der Waals surface area contributed by atoms with Crippen molar-refractivity contribution in [2.75, 3.05) is 25.0 Å². The molecule has 0 aliphatic carbocycles. The van der Waals surface area contributed by atoms with Crippen molar-refractivity contribution < 1.29 is 17.9 Å². The van der Waals surface area contributed by atoms with E-state index in [1.54, 1.807) is 26.0 Å². The lowest BCUT2D eigenvalue weighted by atomic mass is 10.1. The molecule has 0 aliphatic heterocycles. The van der Waals surface area contributed by atoms with Gasteiger partial charge in [0.05, 0.1) is 4.90 Å². The molecule has 1 amide bonds. The average Bonchev–Trinajstić information content (AvgIpc) is 2.64. The van der Waals surface area contributed by atoms with E-state index in [2.05, 4.69) is 5.32 Å². The largest absolute Gasteiger partial charge is 0.484 e. The molecule has 0 unspecified atom stereocenters. The molecule has 0 saturated carbocycles. The van der Waals surface area contributed by atoms with E-state index in [0.29, 0.717) is 18.8 Å². The molecule has 0 fully saturated rings. The second-order valence-corrected chi connectivity index (χ2v) is 8.61. The normalized spacial score (nSPS) is 11.5. The fourth-order valence-corrected chi connectivity index (χ4v) is 4.58. The van der Waals surface area contributed by atoms with Crippen molar-refractivity contribution >= 4 is 21.6 Å². The Balaban J connectivity index is 2.01. The predicted molar refractivity (Wildman–Crippen MR) is 111 cm³/mol. The number of carbonyl (C=O) groups is 1. The Kier molecular flexibility index (Phi) is 7.21. The molecule has 2 aromatic rings. The quantitative estimate of drug-likeness (QED) is 0.728. The zero-order valence-corrected chi connectivity index (χ0v) is 17.9. The average molecular weight is 405 g/mol. The molecule has 0 aromatic heterocycles. The number of rotatable bonds is 8. The van der Waals surface area contributed by atoms with Crippen LogP contribution in [0, 0.1) is 20.8 Å². The molecule has 0 bridgehead atoms. The molecule has 2 aromatic carbocycles. The molecule has 0 atom stereocenters. The van der Waals surface area contributed by atoms with Crippen LogP contribution in [0.1, 0.15) is 30.5 Å². The SMILES string of the molecule is CCN(CC)S(=O)(=O)c1ccc(OCC(=O)Nc2c(C)cc(C)cc2C)cc1. The van der Waals surface area contributed by atoms with Crippen molar-refractivity contribution in [2.45, 2.75) is 39.5 Å². The van der Waals surface area contributed by atoms with Gasteiger partial charge in [0.2, 0.25) is 10.0 Å². The second-order valence-electron chi connectivity index (χ2n) is 6.67. The summed E-state index contributed by atoms with van der Waals surface area (Å²) in [4.78, 5) is 12.4. The van der Waals surface area contributed by atoms with Crippen LogP contribution in [-0.4, -0.2) is 38.3 Å². The Morgan fingerprint density at radius 2 is 1.54 bits per heavy atom. The fourth-order valence-electron chi connectivity index (χ4n) is 3.12. The first-order valence-corrected chi connectivity index (χ1v) is 10.7. The third-order valence-electron chi connectivity index (χ3n) is 4.48. The number of sulfonamides is 1. The van der Waals surface area contributed by atoms with Crippen molar-refractivity contribution in [3.63, 3.8) is 0 Å². The lowest BCUT2D eigenvalue weighted by molar-refractivity contribution is -0.118. The van der Waals surface area contributed by atoms with Crippen LogP contribution in [0.25, 0.3) is 0 Å². The number of benzene rings is 2. The fraction of sp³-hybridized carbons (Fsp3) is 0.381. The highest BCUT2D eigenvalue weighted by molar-refractivity contribution is 7.89. The number of nitrogens with one attached hydrogen (secondary N) is 1. The Bertz CT molecular complexity index is 910. The van der Waals surface area contributed by atoms with E-state index >= 15 is 0 Å². The molecule has 1 N–H and O–H groups in total. The number of carbonyl (C=O) groups excluding carboxylic acids is 1. The van der Waals surface area contributed by atoms with Gasteiger partial charge in [-0.05, 0) is 56.2 Å². The summed E-state index contributed by atoms with van der Waals surface area (Å²) in [6.45, 7) is 10.2. The molecule has 2 rings (SSSR count). The Hall–Kier alpha value is -2.38. The zero-order chi connectivity index (χ0) is 20.9. The second kappa shape index (κ2) is 9.21. The molecule has 0 heterocycles. The van der Waals surface area contributed by atoms with E-state index < -0.39 is 10.0 Å². The van der Waals surface area contributed by atoms with Gasteiger partial charge in [0.1, 0.15) is 5.75 Å². The predicted octanol–water partition coefficient (Wildman–Crippen LogP) is 3.66. The topological polar surface area (TPSA) is 75.7 Å². The Labute approximate surface area is 167 Å². The van der Waals surface area contributed by atoms with Crippen molar-refractivity contribution in [3.8, 4) is 5.75 Å². The third kappa shape index (κ3) is 5.11. The molecular formula is C21H28N2O4S. The first kappa shape index (κ1) is 21.9. The molecule has 7 heteroatoms. The van der Waals surface area contributed by atoms with Crippen LogP contribution in [0.3, 0.4) is 0 Å². The van der Waals surface area contributed by atoms with Gasteiger partial charge in [-0.1, -0.05) is 31.5 Å². The van der Waals surface area contributed by atoms with E-state index in [1.165, 1.54) is 16.4 Å². The van der Waals surface area contributed by atoms with E-state index in [0.717, 1.165) is 22.4 Å². The van der Waals surface area contributed by atoms with Crippen LogP contribution in [0.15, 0.2) is 41.3 Å². The van der Waals surface area contributed by atoms with Crippen LogP contribution in [0.5, 0.6) is 5.75 Å². The third-order valence-corrected chi connectivity index (χ3v) is 6.54. The van der Waals surface area contributed by atoms with Crippen LogP contribution < -0.4 is 10.1 Å². The molecule has 0 saturated heterocycles. The minimum atomic E-state index is -3.50. The maximum atomic E-state index is 12.5. The zero-order valence-electron chi connectivity index (χ0n) is 17.1. The van der Waals surface area contributed by atoms with Gasteiger partial charge in [-0.3, -0.25) is 4.79 Å². The number of hydrogen-bond acceptors (Lipinski definition) is 4. The lowest BCUT2D eigenvalue weighted by Gasteiger charge is -2.18. The van der Waals surface area contributed by atoms with Crippen molar-refractivity contribution in [3.05, 3.63) is 53.1 Å². The first-order valence-electron chi connectivity index (χ1n) is 9.29. The number of nitrogens with zero attached hydrogens (tertiary/aromatic N) is 1. The highest BCUT2D eigenvalue weighted by atomic mass is 32.2. The van der Waals surface area contributed by atoms with Crippen molar-refractivity contribution in [2.24, 2.45) is 0 Å². The van der Waals surface area contributed by atoms with Gasteiger partial charge < -0.3 is 10.1 Å². The van der Waals surface area contributed by atoms with E-state index in [-0.39, 0.29) is 17.4 Å². The van der Waals surface area contributed by atoms with Crippen molar-refractivity contribution in [1.29, 1.82) is 0 Å². The summed E-state index contributed by atoms with van der Waals surface area (Å²) in [5, 5.41) is 2.88. The summed E-state index contributed by atoms with van der Waals surface area (Å²) in [6, 6.07) is 10.1.